The zero-order valence-electron chi connectivity index (χ0n) is 10.4. The van der Waals surface area contributed by atoms with Crippen molar-refractivity contribution in [1.82, 2.24) is 4.72 Å². The summed E-state index contributed by atoms with van der Waals surface area (Å²) in [6.45, 7) is 3.29. The number of carbonyl (C=O) groups excluding carboxylic acids is 1. The fourth-order valence-electron chi connectivity index (χ4n) is 1.24. The maximum Gasteiger partial charge on any atom is 0.422 e. The number of nitrogens with zero attached hydrogens (tertiary/aromatic N) is 1. The van der Waals surface area contributed by atoms with Crippen molar-refractivity contribution in [3.05, 3.63) is 29.3 Å². The van der Waals surface area contributed by atoms with Gasteiger partial charge in [-0.05, 0) is 31.5 Å². The summed E-state index contributed by atoms with van der Waals surface area (Å²) in [5.74, 6) is 0. The fourth-order valence-corrected chi connectivity index (χ4v) is 2.08. The van der Waals surface area contributed by atoms with Crippen molar-refractivity contribution >= 4 is 22.0 Å². The van der Waals surface area contributed by atoms with Gasteiger partial charge in [0.2, 0.25) is 0 Å². The molecule has 0 heterocycles. The number of carbonyl (C=O) groups is 1. The van der Waals surface area contributed by atoms with E-state index in [9.17, 15) is 13.2 Å². The summed E-state index contributed by atoms with van der Waals surface area (Å²) in [5.41, 5.74) is 1.14. The van der Waals surface area contributed by atoms with E-state index in [0.29, 0.717) is 11.1 Å². The van der Waals surface area contributed by atoms with Crippen molar-refractivity contribution < 1.29 is 17.9 Å². The Kier molecular flexibility index (Phi) is 4.72. The van der Waals surface area contributed by atoms with Gasteiger partial charge in [-0.15, -0.1) is 0 Å². The van der Waals surface area contributed by atoms with Gasteiger partial charge in [0.25, 0.3) is 0 Å². The average molecular weight is 283 g/mol. The molecule has 0 bridgehead atoms. The Balaban J connectivity index is 2.90. The normalized spacial score (nSPS) is 10.4. The second kappa shape index (κ2) is 6.06. The Morgan fingerprint density at radius 3 is 2.74 bits per heavy atom. The van der Waals surface area contributed by atoms with Crippen LogP contribution in [0.2, 0.25) is 0 Å². The lowest BCUT2D eigenvalue weighted by atomic mass is 10.1. The van der Waals surface area contributed by atoms with Crippen molar-refractivity contribution in [2.24, 2.45) is 0 Å². The van der Waals surface area contributed by atoms with Gasteiger partial charge in [-0.25, -0.2) is 9.52 Å². The highest BCUT2D eigenvalue weighted by Gasteiger charge is 2.16. The minimum Gasteiger partial charge on any atom is -0.449 e. The highest BCUT2D eigenvalue weighted by Crippen LogP contribution is 2.17. The van der Waals surface area contributed by atoms with E-state index in [0.717, 1.165) is 0 Å². The zero-order chi connectivity index (χ0) is 14.5. The number of ether oxygens (including phenoxy) is 1. The summed E-state index contributed by atoms with van der Waals surface area (Å²) in [7, 11) is -4.09. The molecule has 0 aliphatic carbocycles. The lowest BCUT2D eigenvalue weighted by Crippen LogP contribution is -2.35. The van der Waals surface area contributed by atoms with E-state index in [1.165, 1.54) is 6.07 Å². The van der Waals surface area contributed by atoms with Crippen molar-refractivity contribution in [3.63, 3.8) is 0 Å². The Morgan fingerprint density at radius 2 is 2.16 bits per heavy atom. The van der Waals surface area contributed by atoms with E-state index in [1.807, 2.05) is 6.07 Å². The molecule has 0 aliphatic heterocycles. The first-order chi connectivity index (χ1) is 8.88. The number of rotatable bonds is 4. The molecule has 102 valence electrons. The molecule has 0 atom stereocenters. The zero-order valence-corrected chi connectivity index (χ0v) is 11.2. The molecular weight excluding hydrogens is 270 g/mol. The molecule has 0 spiro atoms. The van der Waals surface area contributed by atoms with Crippen LogP contribution in [0.5, 0.6) is 0 Å². The molecular formula is C11H13N3O4S. The van der Waals surface area contributed by atoms with Crippen LogP contribution in [0.3, 0.4) is 0 Å². The lowest BCUT2D eigenvalue weighted by Gasteiger charge is -2.11. The topological polar surface area (TPSA) is 108 Å². The minimum absolute atomic E-state index is 0.0598. The third-order valence-corrected chi connectivity index (χ3v) is 3.03. The summed E-state index contributed by atoms with van der Waals surface area (Å²) < 4.78 is 31.6. The van der Waals surface area contributed by atoms with Crippen LogP contribution in [-0.2, 0) is 14.9 Å². The SMILES string of the molecule is CCOC(=O)NS(=O)(=O)Nc1cc(C#N)ccc1C. The predicted molar refractivity (Wildman–Crippen MR) is 68.6 cm³/mol. The van der Waals surface area contributed by atoms with Gasteiger partial charge in [0, 0.05) is 0 Å². The molecule has 1 aromatic rings. The number of hydrogen-bond donors (Lipinski definition) is 2. The Hall–Kier alpha value is -2.27. The van der Waals surface area contributed by atoms with Gasteiger partial charge in [0.05, 0.1) is 23.9 Å². The molecule has 0 unspecified atom stereocenters. The number of aryl methyl sites for hydroxylation is 1. The molecule has 2 N–H and O–H groups in total. The number of nitriles is 1. The van der Waals surface area contributed by atoms with Crippen LogP contribution < -0.4 is 9.44 Å². The van der Waals surface area contributed by atoms with Crippen molar-refractivity contribution in [3.8, 4) is 6.07 Å². The van der Waals surface area contributed by atoms with Crippen molar-refractivity contribution in [1.29, 1.82) is 5.26 Å². The van der Waals surface area contributed by atoms with Gasteiger partial charge in [0.15, 0.2) is 0 Å². The van der Waals surface area contributed by atoms with E-state index >= 15 is 0 Å². The molecule has 1 amide bonds. The summed E-state index contributed by atoms with van der Waals surface area (Å²) in [6.07, 6.45) is -1.07. The van der Waals surface area contributed by atoms with Gasteiger partial charge in [0.1, 0.15) is 0 Å². The quantitative estimate of drug-likeness (QED) is 0.865. The smallest absolute Gasteiger partial charge is 0.422 e. The first-order valence-electron chi connectivity index (χ1n) is 5.36. The van der Waals surface area contributed by atoms with Crippen LogP contribution in [0.1, 0.15) is 18.1 Å². The van der Waals surface area contributed by atoms with Gasteiger partial charge >= 0.3 is 16.3 Å². The maximum atomic E-state index is 11.6. The van der Waals surface area contributed by atoms with E-state index in [-0.39, 0.29) is 12.3 Å². The molecule has 0 aromatic heterocycles. The van der Waals surface area contributed by atoms with Crippen LogP contribution in [0.25, 0.3) is 0 Å². The van der Waals surface area contributed by atoms with Crippen molar-refractivity contribution in [2.75, 3.05) is 11.3 Å². The van der Waals surface area contributed by atoms with Gasteiger partial charge in [-0.2, -0.15) is 13.7 Å². The van der Waals surface area contributed by atoms with Crippen LogP contribution in [0.15, 0.2) is 18.2 Å². The largest absolute Gasteiger partial charge is 0.449 e. The van der Waals surface area contributed by atoms with Gasteiger partial charge in [-0.3, -0.25) is 4.72 Å². The molecule has 0 saturated carbocycles. The molecule has 0 aliphatic rings. The third-order valence-electron chi connectivity index (χ3n) is 2.10. The molecule has 1 aromatic carbocycles. The second-order valence-electron chi connectivity index (χ2n) is 3.57. The molecule has 19 heavy (non-hydrogen) atoms. The Bertz CT molecular complexity index is 619. The summed E-state index contributed by atoms with van der Waals surface area (Å²) in [5, 5.41) is 8.75. The van der Waals surface area contributed by atoms with Crippen LogP contribution >= 0.6 is 0 Å². The highest BCUT2D eigenvalue weighted by atomic mass is 32.2. The first kappa shape index (κ1) is 14.8. The van der Waals surface area contributed by atoms with E-state index in [2.05, 4.69) is 9.46 Å². The summed E-state index contributed by atoms with van der Waals surface area (Å²) in [6, 6.07) is 6.43. The van der Waals surface area contributed by atoms with Crippen LogP contribution in [-0.4, -0.2) is 21.1 Å². The van der Waals surface area contributed by atoms with Crippen LogP contribution in [0.4, 0.5) is 10.5 Å². The predicted octanol–water partition coefficient (Wildman–Crippen LogP) is 1.27. The van der Waals surface area contributed by atoms with Gasteiger partial charge < -0.3 is 4.74 Å². The molecule has 7 nitrogen and oxygen atoms in total. The number of benzene rings is 1. The fraction of sp³-hybridized carbons (Fsp3) is 0.273. The highest BCUT2D eigenvalue weighted by molar-refractivity contribution is 7.91. The number of anilines is 1. The molecule has 1 rings (SSSR count). The van der Waals surface area contributed by atoms with Crippen LogP contribution in [0, 0.1) is 18.3 Å². The lowest BCUT2D eigenvalue weighted by molar-refractivity contribution is 0.159. The van der Waals surface area contributed by atoms with E-state index in [1.54, 1.807) is 30.7 Å². The van der Waals surface area contributed by atoms with Gasteiger partial charge in [-0.1, -0.05) is 6.07 Å². The molecule has 0 radical (unpaired) electrons. The molecule has 8 heteroatoms. The second-order valence-corrected chi connectivity index (χ2v) is 4.98. The third kappa shape index (κ3) is 4.48. The monoisotopic (exact) mass is 283 g/mol. The summed E-state index contributed by atoms with van der Waals surface area (Å²) in [4.78, 5) is 11.1. The minimum atomic E-state index is -4.09. The number of hydrogen-bond acceptors (Lipinski definition) is 5. The Labute approximate surface area is 111 Å². The maximum absolute atomic E-state index is 11.6. The standard InChI is InChI=1S/C11H13N3O4S/c1-3-18-11(15)14-19(16,17)13-10-6-9(7-12)5-4-8(10)2/h4-6,13H,3H2,1-2H3,(H,14,15). The van der Waals surface area contributed by atoms with Crippen molar-refractivity contribution in [2.45, 2.75) is 13.8 Å². The Morgan fingerprint density at radius 1 is 1.47 bits per heavy atom. The van der Waals surface area contributed by atoms with E-state index in [4.69, 9.17) is 5.26 Å². The molecule has 0 saturated heterocycles. The number of amides is 1. The molecule has 0 fully saturated rings. The van der Waals surface area contributed by atoms with E-state index < -0.39 is 16.3 Å². The number of nitrogens with one attached hydrogen (secondary N) is 2. The average Bonchev–Trinajstić information content (AvgIpc) is 2.31. The summed E-state index contributed by atoms with van der Waals surface area (Å²) >= 11 is 0. The first-order valence-corrected chi connectivity index (χ1v) is 6.84.